The lowest BCUT2D eigenvalue weighted by molar-refractivity contribution is -0.115. The number of carbonyl (C=O) groups excluding carboxylic acids is 2. The molecule has 21 heavy (non-hydrogen) atoms. The Bertz CT molecular complexity index is 668. The first-order valence-corrected chi connectivity index (χ1v) is 6.66. The van der Waals surface area contributed by atoms with E-state index in [0.717, 1.165) is 0 Å². The maximum Gasteiger partial charge on any atom is 0.257 e. The first-order valence-electron chi connectivity index (χ1n) is 6.66. The number of nitrogens with one attached hydrogen (secondary N) is 2. The molecule has 0 aliphatic heterocycles. The van der Waals surface area contributed by atoms with Crippen LogP contribution in [0.2, 0.25) is 0 Å². The Morgan fingerprint density at radius 2 is 1.67 bits per heavy atom. The zero-order chi connectivity index (χ0) is 15.2. The summed E-state index contributed by atoms with van der Waals surface area (Å²) in [6, 6.07) is 13.8. The number of benzene rings is 2. The molecule has 0 radical (unpaired) electrons. The van der Waals surface area contributed by atoms with Gasteiger partial charge in [0.2, 0.25) is 5.91 Å². The van der Waals surface area contributed by atoms with Crippen molar-refractivity contribution < 1.29 is 9.59 Å². The molecule has 5 heteroatoms. The molecule has 0 aliphatic carbocycles. The summed E-state index contributed by atoms with van der Waals surface area (Å²) in [7, 11) is 0. The van der Waals surface area contributed by atoms with E-state index < -0.39 is 0 Å². The Hall–Kier alpha value is -2.82. The van der Waals surface area contributed by atoms with Crippen LogP contribution in [0, 0.1) is 0 Å². The summed E-state index contributed by atoms with van der Waals surface area (Å²) in [5, 5.41) is 5.50. The van der Waals surface area contributed by atoms with Gasteiger partial charge in [-0.2, -0.15) is 0 Å². The van der Waals surface area contributed by atoms with Crippen LogP contribution in [-0.4, -0.2) is 11.8 Å². The van der Waals surface area contributed by atoms with E-state index >= 15 is 0 Å². The Morgan fingerprint density at radius 1 is 1.00 bits per heavy atom. The quantitative estimate of drug-likeness (QED) is 0.754. The number of rotatable bonds is 4. The van der Waals surface area contributed by atoms with Crippen LogP contribution < -0.4 is 16.4 Å². The van der Waals surface area contributed by atoms with Crippen molar-refractivity contribution in [2.75, 3.05) is 16.4 Å². The third-order valence-electron chi connectivity index (χ3n) is 2.93. The van der Waals surface area contributed by atoms with Crippen LogP contribution in [0.4, 0.5) is 17.1 Å². The number of para-hydroxylation sites is 1. The van der Waals surface area contributed by atoms with E-state index in [9.17, 15) is 9.59 Å². The summed E-state index contributed by atoms with van der Waals surface area (Å²) < 4.78 is 0. The minimum absolute atomic E-state index is 0.0780. The summed E-state index contributed by atoms with van der Waals surface area (Å²) in [5.74, 6) is -0.363. The molecule has 4 N–H and O–H groups in total. The maximum atomic E-state index is 12.1. The van der Waals surface area contributed by atoms with Gasteiger partial charge in [0.1, 0.15) is 0 Å². The molecule has 0 unspecified atom stereocenters. The summed E-state index contributed by atoms with van der Waals surface area (Å²) in [6.45, 7) is 1.78. The van der Waals surface area contributed by atoms with E-state index in [1.807, 2.05) is 0 Å². The maximum absolute atomic E-state index is 12.1. The molecule has 0 saturated heterocycles. The van der Waals surface area contributed by atoms with E-state index in [2.05, 4.69) is 10.6 Å². The van der Waals surface area contributed by atoms with Crippen molar-refractivity contribution in [1.82, 2.24) is 0 Å². The van der Waals surface area contributed by atoms with Gasteiger partial charge < -0.3 is 16.4 Å². The number of nitrogen functional groups attached to an aromatic ring is 1. The topological polar surface area (TPSA) is 84.2 Å². The highest BCUT2D eigenvalue weighted by molar-refractivity contribution is 6.08. The van der Waals surface area contributed by atoms with E-state index in [1.54, 1.807) is 55.5 Å². The second-order valence-corrected chi connectivity index (χ2v) is 4.52. The van der Waals surface area contributed by atoms with Crippen LogP contribution in [0.5, 0.6) is 0 Å². The minimum Gasteiger partial charge on any atom is -0.398 e. The number of anilines is 3. The van der Waals surface area contributed by atoms with Gasteiger partial charge >= 0.3 is 0 Å². The molecule has 2 rings (SSSR count). The molecule has 5 nitrogen and oxygen atoms in total. The number of hydrogen-bond acceptors (Lipinski definition) is 3. The zero-order valence-electron chi connectivity index (χ0n) is 11.7. The highest BCUT2D eigenvalue weighted by Gasteiger charge is 2.09. The third kappa shape index (κ3) is 3.82. The predicted molar refractivity (Wildman–Crippen MR) is 84.2 cm³/mol. The van der Waals surface area contributed by atoms with E-state index in [0.29, 0.717) is 29.0 Å². The number of nitrogens with two attached hydrogens (primary N) is 1. The Kier molecular flexibility index (Phi) is 4.56. The fourth-order valence-corrected chi connectivity index (χ4v) is 1.83. The second-order valence-electron chi connectivity index (χ2n) is 4.52. The number of carbonyl (C=O) groups is 2. The van der Waals surface area contributed by atoms with Crippen LogP contribution >= 0.6 is 0 Å². The fourth-order valence-electron chi connectivity index (χ4n) is 1.83. The molecule has 0 saturated carbocycles. The summed E-state index contributed by atoms with van der Waals surface area (Å²) in [6.07, 6.45) is 0.400. The zero-order valence-corrected chi connectivity index (χ0v) is 11.7. The lowest BCUT2D eigenvalue weighted by Crippen LogP contribution is -2.14. The van der Waals surface area contributed by atoms with Gasteiger partial charge in [0, 0.05) is 23.5 Å². The molecular formula is C16H17N3O2. The smallest absolute Gasteiger partial charge is 0.257 e. The first kappa shape index (κ1) is 14.6. The second kappa shape index (κ2) is 6.56. The van der Waals surface area contributed by atoms with Crippen LogP contribution in [0.25, 0.3) is 0 Å². The Balaban J connectivity index is 2.13. The van der Waals surface area contributed by atoms with Crippen LogP contribution in [0.15, 0.2) is 48.5 Å². The number of amides is 2. The molecule has 0 atom stereocenters. The third-order valence-corrected chi connectivity index (χ3v) is 2.93. The van der Waals surface area contributed by atoms with Crippen LogP contribution in [-0.2, 0) is 4.79 Å². The number of hydrogen-bond donors (Lipinski definition) is 3. The van der Waals surface area contributed by atoms with Crippen molar-refractivity contribution in [3.8, 4) is 0 Å². The summed E-state index contributed by atoms with van der Waals surface area (Å²) in [4.78, 5) is 23.5. The molecule has 0 fully saturated rings. The van der Waals surface area contributed by atoms with Crippen LogP contribution in [0.3, 0.4) is 0 Å². The molecule has 2 aromatic rings. The van der Waals surface area contributed by atoms with E-state index in [1.165, 1.54) is 0 Å². The molecule has 0 aliphatic rings. The standard InChI is InChI=1S/C16H17N3O2/c1-2-15(20)18-11-6-5-7-12(10-11)19-16(21)13-8-3-4-9-14(13)17/h3-10H,2,17H2,1H3,(H,18,20)(H,19,21). The fraction of sp³-hybridized carbons (Fsp3) is 0.125. The van der Waals surface area contributed by atoms with Crippen molar-refractivity contribution in [3.05, 3.63) is 54.1 Å². The largest absolute Gasteiger partial charge is 0.398 e. The molecule has 0 bridgehead atoms. The Morgan fingerprint density at radius 3 is 2.33 bits per heavy atom. The van der Waals surface area contributed by atoms with Crippen molar-refractivity contribution in [1.29, 1.82) is 0 Å². The van der Waals surface area contributed by atoms with E-state index in [-0.39, 0.29) is 11.8 Å². The molecule has 2 amide bonds. The van der Waals surface area contributed by atoms with Crippen LogP contribution in [0.1, 0.15) is 23.7 Å². The summed E-state index contributed by atoms with van der Waals surface area (Å²) in [5.41, 5.74) is 7.84. The molecule has 108 valence electrons. The van der Waals surface area contributed by atoms with Gasteiger partial charge in [-0.1, -0.05) is 25.1 Å². The van der Waals surface area contributed by atoms with Crippen molar-refractivity contribution in [3.63, 3.8) is 0 Å². The van der Waals surface area contributed by atoms with Gasteiger partial charge in [-0.3, -0.25) is 9.59 Å². The molecule has 0 heterocycles. The lowest BCUT2D eigenvalue weighted by Gasteiger charge is -2.09. The van der Waals surface area contributed by atoms with Gasteiger partial charge in [-0.05, 0) is 30.3 Å². The summed E-state index contributed by atoms with van der Waals surface area (Å²) >= 11 is 0. The highest BCUT2D eigenvalue weighted by atomic mass is 16.2. The molecular weight excluding hydrogens is 266 g/mol. The molecule has 0 aromatic heterocycles. The first-order chi connectivity index (χ1) is 10.1. The monoisotopic (exact) mass is 283 g/mol. The minimum atomic E-state index is -0.285. The van der Waals surface area contributed by atoms with Gasteiger partial charge in [0.25, 0.3) is 5.91 Å². The van der Waals surface area contributed by atoms with Gasteiger partial charge in [0.15, 0.2) is 0 Å². The van der Waals surface area contributed by atoms with Gasteiger partial charge in [0.05, 0.1) is 5.56 Å². The predicted octanol–water partition coefficient (Wildman–Crippen LogP) is 2.87. The molecule has 0 spiro atoms. The lowest BCUT2D eigenvalue weighted by atomic mass is 10.1. The van der Waals surface area contributed by atoms with Crippen molar-refractivity contribution in [2.24, 2.45) is 0 Å². The van der Waals surface area contributed by atoms with Crippen molar-refractivity contribution >= 4 is 28.9 Å². The average molecular weight is 283 g/mol. The highest BCUT2D eigenvalue weighted by Crippen LogP contribution is 2.18. The molecule has 2 aromatic carbocycles. The normalized spacial score (nSPS) is 9.95. The average Bonchev–Trinajstić information content (AvgIpc) is 2.47. The van der Waals surface area contributed by atoms with Crippen molar-refractivity contribution in [2.45, 2.75) is 13.3 Å². The van der Waals surface area contributed by atoms with E-state index in [4.69, 9.17) is 5.73 Å². The van der Waals surface area contributed by atoms with Gasteiger partial charge in [-0.15, -0.1) is 0 Å². The Labute approximate surface area is 123 Å². The SMILES string of the molecule is CCC(=O)Nc1cccc(NC(=O)c2ccccc2N)c1. The van der Waals surface area contributed by atoms with Gasteiger partial charge in [-0.25, -0.2) is 0 Å².